The van der Waals surface area contributed by atoms with E-state index in [1.54, 1.807) is 17.6 Å². The van der Waals surface area contributed by atoms with E-state index in [2.05, 4.69) is 10.6 Å². The molecule has 184 valence electrons. The number of hydrogen-bond donors (Lipinski definition) is 4. The largest absolute Gasteiger partial charge is 0.495 e. The highest BCUT2D eigenvalue weighted by Gasteiger charge is 2.22. The van der Waals surface area contributed by atoms with E-state index in [4.69, 9.17) is 21.5 Å². The van der Waals surface area contributed by atoms with Gasteiger partial charge in [-0.1, -0.05) is 44.2 Å². The van der Waals surface area contributed by atoms with Crippen LogP contribution in [0.5, 0.6) is 5.75 Å². The third-order valence-corrected chi connectivity index (χ3v) is 6.36. The number of nitrogens with one attached hydrogen (secondary N) is 3. The van der Waals surface area contributed by atoms with Crippen molar-refractivity contribution in [1.82, 2.24) is 15.7 Å². The van der Waals surface area contributed by atoms with Gasteiger partial charge in [-0.25, -0.2) is 10.3 Å². The molecule has 0 aromatic heterocycles. The Morgan fingerprint density at radius 1 is 1.27 bits per heavy atom. The molecular weight excluding hydrogens is 448 g/mol. The van der Waals surface area contributed by atoms with E-state index < -0.39 is 11.9 Å². The van der Waals surface area contributed by atoms with Crippen molar-refractivity contribution in [1.29, 1.82) is 0 Å². The molecule has 10 heteroatoms. The number of methoxy groups -OCH3 is 1. The van der Waals surface area contributed by atoms with E-state index >= 15 is 0 Å². The molecule has 1 saturated carbocycles. The van der Waals surface area contributed by atoms with E-state index in [1.807, 2.05) is 13.8 Å². The fraction of sp³-hybridized carbons (Fsp3) is 0.609. The summed E-state index contributed by atoms with van der Waals surface area (Å²) in [7, 11) is 1.49. The van der Waals surface area contributed by atoms with Gasteiger partial charge in [0.05, 0.1) is 12.8 Å². The molecule has 1 aromatic carbocycles. The summed E-state index contributed by atoms with van der Waals surface area (Å²) in [6.45, 7) is 4.25. The molecule has 0 spiro atoms. The van der Waals surface area contributed by atoms with Gasteiger partial charge in [0, 0.05) is 30.6 Å². The van der Waals surface area contributed by atoms with Crippen LogP contribution in [0.4, 0.5) is 10.5 Å². The fourth-order valence-corrected chi connectivity index (χ4v) is 4.15. The number of amides is 4. The first-order chi connectivity index (χ1) is 15.7. The van der Waals surface area contributed by atoms with E-state index in [1.165, 1.54) is 24.9 Å². The molecule has 0 radical (unpaired) electrons. The molecule has 0 heterocycles. The minimum atomic E-state index is -0.618. The molecule has 33 heavy (non-hydrogen) atoms. The van der Waals surface area contributed by atoms with Crippen LogP contribution in [0.15, 0.2) is 12.1 Å². The second-order valence-corrected chi connectivity index (χ2v) is 9.14. The van der Waals surface area contributed by atoms with Crippen LogP contribution in [0.25, 0.3) is 0 Å². The van der Waals surface area contributed by atoms with Crippen molar-refractivity contribution in [2.45, 2.75) is 52.4 Å². The Labute approximate surface area is 200 Å². The lowest BCUT2D eigenvalue weighted by atomic mass is 10.0. The number of carbonyl (C=O) groups excluding carboxylic acids is 3. The highest BCUT2D eigenvalue weighted by molar-refractivity contribution is 6.31. The average Bonchev–Trinajstić information content (AvgIpc) is 3.30. The molecule has 1 fully saturated rings. The molecule has 0 bridgehead atoms. The van der Waals surface area contributed by atoms with Gasteiger partial charge >= 0.3 is 6.03 Å². The first kappa shape index (κ1) is 26.7. The van der Waals surface area contributed by atoms with Gasteiger partial charge in [-0.3, -0.25) is 14.8 Å². The number of carbonyl (C=O) groups is 3. The van der Waals surface area contributed by atoms with Crippen molar-refractivity contribution in [3.63, 3.8) is 0 Å². The Balaban J connectivity index is 1.85. The standard InChI is InChI=1S/C23H35ClN4O5/c1-15(13-25-23(31)26-19-11-16(2)18(24)12-20(19)33-3)10-22(30)28(14-21(29)27-32)9-8-17-6-4-5-7-17/h11-12,15,17,32H,4-10,13-14H2,1-3H3,(H,27,29)(H2,25,26,31). The summed E-state index contributed by atoms with van der Waals surface area (Å²) in [6.07, 6.45) is 5.75. The molecule has 4 amide bonds. The normalized spacial score (nSPS) is 14.5. The van der Waals surface area contributed by atoms with Crippen LogP contribution < -0.4 is 20.9 Å². The van der Waals surface area contributed by atoms with Gasteiger partial charge in [0.25, 0.3) is 5.91 Å². The molecular formula is C23H35ClN4O5. The topological polar surface area (TPSA) is 120 Å². The second-order valence-electron chi connectivity index (χ2n) is 8.74. The van der Waals surface area contributed by atoms with E-state index in [0.717, 1.165) is 24.8 Å². The lowest BCUT2D eigenvalue weighted by Crippen LogP contribution is -2.42. The molecule has 4 N–H and O–H groups in total. The van der Waals surface area contributed by atoms with Gasteiger partial charge in [0.15, 0.2) is 0 Å². The molecule has 1 aliphatic carbocycles. The van der Waals surface area contributed by atoms with Gasteiger partial charge in [-0.2, -0.15) is 0 Å². The zero-order chi connectivity index (χ0) is 24.4. The molecule has 1 unspecified atom stereocenters. The highest BCUT2D eigenvalue weighted by atomic mass is 35.5. The summed E-state index contributed by atoms with van der Waals surface area (Å²) in [6, 6.07) is 2.94. The monoisotopic (exact) mass is 482 g/mol. The molecule has 1 atom stereocenters. The van der Waals surface area contributed by atoms with Crippen LogP contribution in [0.1, 0.15) is 51.0 Å². The quantitative estimate of drug-likeness (QED) is 0.283. The highest BCUT2D eigenvalue weighted by Crippen LogP contribution is 2.31. The first-order valence-corrected chi connectivity index (χ1v) is 11.7. The van der Waals surface area contributed by atoms with Crippen LogP contribution in [0, 0.1) is 18.8 Å². The minimum absolute atomic E-state index is 0.150. The Kier molecular flexibility index (Phi) is 10.7. The number of halogens is 1. The van der Waals surface area contributed by atoms with Crippen molar-refractivity contribution in [2.75, 3.05) is 32.1 Å². The smallest absolute Gasteiger partial charge is 0.319 e. The third-order valence-electron chi connectivity index (χ3n) is 5.96. The Morgan fingerprint density at radius 3 is 2.61 bits per heavy atom. The van der Waals surface area contributed by atoms with Crippen molar-refractivity contribution in [3.05, 3.63) is 22.7 Å². The zero-order valence-electron chi connectivity index (χ0n) is 19.6. The number of anilines is 1. The summed E-state index contributed by atoms with van der Waals surface area (Å²) >= 11 is 6.09. The SMILES string of the molecule is COc1cc(Cl)c(C)cc1NC(=O)NCC(C)CC(=O)N(CCC1CCCC1)CC(=O)NO. The van der Waals surface area contributed by atoms with Gasteiger partial charge in [-0.15, -0.1) is 0 Å². The molecule has 2 rings (SSSR count). The van der Waals surface area contributed by atoms with Gasteiger partial charge in [0.1, 0.15) is 12.3 Å². The third kappa shape index (κ3) is 8.74. The van der Waals surface area contributed by atoms with Crippen LogP contribution in [-0.2, 0) is 9.59 Å². The van der Waals surface area contributed by atoms with Gasteiger partial charge in [-0.05, 0) is 36.8 Å². The zero-order valence-corrected chi connectivity index (χ0v) is 20.3. The maximum absolute atomic E-state index is 12.8. The molecule has 1 aliphatic rings. The maximum atomic E-state index is 12.8. The number of hydrogen-bond acceptors (Lipinski definition) is 5. The number of benzene rings is 1. The maximum Gasteiger partial charge on any atom is 0.319 e. The van der Waals surface area contributed by atoms with Gasteiger partial charge in [0.2, 0.25) is 5.91 Å². The van der Waals surface area contributed by atoms with Crippen LogP contribution in [0.3, 0.4) is 0 Å². The second kappa shape index (κ2) is 13.3. The summed E-state index contributed by atoms with van der Waals surface area (Å²) < 4.78 is 5.26. The number of hydroxylamine groups is 1. The number of urea groups is 1. The van der Waals surface area contributed by atoms with Crippen molar-refractivity contribution in [2.24, 2.45) is 11.8 Å². The lowest BCUT2D eigenvalue weighted by molar-refractivity contribution is -0.140. The Morgan fingerprint density at radius 2 is 1.97 bits per heavy atom. The number of rotatable bonds is 11. The summed E-state index contributed by atoms with van der Waals surface area (Å²) in [5.41, 5.74) is 2.89. The van der Waals surface area contributed by atoms with Crippen molar-refractivity contribution >= 4 is 35.1 Å². The van der Waals surface area contributed by atoms with Crippen LogP contribution >= 0.6 is 11.6 Å². The first-order valence-electron chi connectivity index (χ1n) is 11.3. The molecule has 0 aliphatic heterocycles. The summed E-state index contributed by atoms with van der Waals surface area (Å²) in [5.74, 6) is 0.0783. The average molecular weight is 483 g/mol. The van der Waals surface area contributed by atoms with E-state index in [-0.39, 0.29) is 31.3 Å². The molecule has 1 aromatic rings. The predicted octanol–water partition coefficient (Wildman–Crippen LogP) is 3.72. The molecule has 0 saturated heterocycles. The molecule has 9 nitrogen and oxygen atoms in total. The number of aryl methyl sites for hydroxylation is 1. The summed E-state index contributed by atoms with van der Waals surface area (Å²) in [5, 5.41) is 14.9. The fourth-order valence-electron chi connectivity index (χ4n) is 4.00. The number of ether oxygens (including phenoxy) is 1. The number of nitrogens with zero attached hydrogens (tertiary/aromatic N) is 1. The summed E-state index contributed by atoms with van der Waals surface area (Å²) in [4.78, 5) is 38.3. The minimum Gasteiger partial charge on any atom is -0.495 e. The van der Waals surface area contributed by atoms with Crippen molar-refractivity contribution < 1.29 is 24.3 Å². The van der Waals surface area contributed by atoms with E-state index in [0.29, 0.717) is 28.9 Å². The van der Waals surface area contributed by atoms with Crippen LogP contribution in [-0.4, -0.2) is 54.7 Å². The Hall–Kier alpha value is -2.52. The predicted molar refractivity (Wildman–Crippen MR) is 127 cm³/mol. The van der Waals surface area contributed by atoms with E-state index in [9.17, 15) is 14.4 Å². The Bertz CT molecular complexity index is 829. The van der Waals surface area contributed by atoms with Crippen LogP contribution in [0.2, 0.25) is 5.02 Å². The van der Waals surface area contributed by atoms with Crippen molar-refractivity contribution in [3.8, 4) is 5.75 Å². The van der Waals surface area contributed by atoms with Gasteiger partial charge < -0.3 is 20.3 Å². The lowest BCUT2D eigenvalue weighted by Gasteiger charge is -2.25.